The highest BCUT2D eigenvalue weighted by atomic mass is 79.9. The summed E-state index contributed by atoms with van der Waals surface area (Å²) < 4.78 is 1.06. The SMILES string of the molecule is CC(Cc1ccccc1Br)NC(=O)c1csc(CCN)n1. The van der Waals surface area contributed by atoms with E-state index in [9.17, 15) is 4.79 Å². The van der Waals surface area contributed by atoms with Gasteiger partial charge in [0.25, 0.3) is 5.91 Å². The fraction of sp³-hybridized carbons (Fsp3) is 0.333. The number of nitrogens with one attached hydrogen (secondary N) is 1. The molecule has 1 heterocycles. The number of rotatable bonds is 6. The number of halogens is 1. The van der Waals surface area contributed by atoms with Crippen LogP contribution >= 0.6 is 27.3 Å². The first kappa shape index (κ1) is 16.1. The van der Waals surface area contributed by atoms with E-state index in [1.807, 2.05) is 25.1 Å². The standard InChI is InChI=1S/C15H18BrN3OS/c1-10(8-11-4-2-3-5-12(11)16)18-15(20)13-9-21-14(19-13)6-7-17/h2-5,9-10H,6-8,17H2,1H3,(H,18,20). The molecule has 21 heavy (non-hydrogen) atoms. The molecule has 1 atom stereocenters. The van der Waals surface area contributed by atoms with Crippen LogP contribution in [-0.2, 0) is 12.8 Å². The van der Waals surface area contributed by atoms with Crippen molar-refractivity contribution in [1.82, 2.24) is 10.3 Å². The summed E-state index contributed by atoms with van der Waals surface area (Å²) in [7, 11) is 0. The maximum absolute atomic E-state index is 12.1. The number of hydrogen-bond donors (Lipinski definition) is 2. The molecule has 1 aromatic carbocycles. The summed E-state index contributed by atoms with van der Waals surface area (Å²) >= 11 is 5.00. The Morgan fingerprint density at radius 1 is 1.48 bits per heavy atom. The van der Waals surface area contributed by atoms with E-state index in [0.29, 0.717) is 18.7 Å². The zero-order valence-corrected chi connectivity index (χ0v) is 14.2. The van der Waals surface area contributed by atoms with Gasteiger partial charge in [0.05, 0.1) is 5.01 Å². The minimum Gasteiger partial charge on any atom is -0.348 e. The number of thiazole rings is 1. The smallest absolute Gasteiger partial charge is 0.270 e. The van der Waals surface area contributed by atoms with Crippen molar-refractivity contribution >= 4 is 33.2 Å². The number of carbonyl (C=O) groups excluding carboxylic acids is 1. The van der Waals surface area contributed by atoms with Gasteiger partial charge in [-0.05, 0) is 31.5 Å². The van der Waals surface area contributed by atoms with E-state index in [-0.39, 0.29) is 11.9 Å². The monoisotopic (exact) mass is 367 g/mol. The molecule has 0 aliphatic heterocycles. The summed E-state index contributed by atoms with van der Waals surface area (Å²) in [6, 6.07) is 8.06. The van der Waals surface area contributed by atoms with Crippen molar-refractivity contribution in [2.45, 2.75) is 25.8 Å². The van der Waals surface area contributed by atoms with Crippen molar-refractivity contribution in [1.29, 1.82) is 0 Å². The number of benzene rings is 1. The lowest BCUT2D eigenvalue weighted by Gasteiger charge is -2.14. The van der Waals surface area contributed by atoms with Gasteiger partial charge in [0, 0.05) is 22.3 Å². The van der Waals surface area contributed by atoms with Crippen LogP contribution in [0.2, 0.25) is 0 Å². The third-order valence-electron chi connectivity index (χ3n) is 3.00. The maximum atomic E-state index is 12.1. The molecule has 112 valence electrons. The number of nitrogens with zero attached hydrogens (tertiary/aromatic N) is 1. The second-order valence-corrected chi connectivity index (χ2v) is 6.63. The lowest BCUT2D eigenvalue weighted by molar-refractivity contribution is 0.0935. The minimum atomic E-state index is -0.130. The average molecular weight is 368 g/mol. The molecule has 0 fully saturated rings. The highest BCUT2D eigenvalue weighted by Gasteiger charge is 2.14. The second kappa shape index (κ2) is 7.68. The summed E-state index contributed by atoms with van der Waals surface area (Å²) in [5.74, 6) is -0.130. The molecule has 0 aliphatic carbocycles. The van der Waals surface area contributed by atoms with Crippen molar-refractivity contribution in [3.05, 3.63) is 50.4 Å². The Balaban J connectivity index is 1.94. The van der Waals surface area contributed by atoms with Gasteiger partial charge in [-0.15, -0.1) is 11.3 Å². The lowest BCUT2D eigenvalue weighted by Crippen LogP contribution is -2.34. The highest BCUT2D eigenvalue weighted by Crippen LogP contribution is 2.17. The van der Waals surface area contributed by atoms with Gasteiger partial charge in [-0.2, -0.15) is 0 Å². The fourth-order valence-electron chi connectivity index (χ4n) is 2.00. The van der Waals surface area contributed by atoms with Gasteiger partial charge < -0.3 is 11.1 Å². The molecule has 4 nitrogen and oxygen atoms in total. The van der Waals surface area contributed by atoms with Crippen LogP contribution < -0.4 is 11.1 Å². The van der Waals surface area contributed by atoms with E-state index < -0.39 is 0 Å². The zero-order valence-electron chi connectivity index (χ0n) is 11.8. The molecule has 0 aliphatic rings. The minimum absolute atomic E-state index is 0.0378. The molecular formula is C15H18BrN3OS. The van der Waals surface area contributed by atoms with Gasteiger partial charge in [0.2, 0.25) is 0 Å². The Bertz CT molecular complexity index is 614. The summed E-state index contributed by atoms with van der Waals surface area (Å²) in [5.41, 5.74) is 7.14. The third-order valence-corrected chi connectivity index (χ3v) is 4.69. The van der Waals surface area contributed by atoms with E-state index in [1.165, 1.54) is 16.9 Å². The van der Waals surface area contributed by atoms with E-state index in [4.69, 9.17) is 5.73 Å². The van der Waals surface area contributed by atoms with E-state index in [2.05, 4.69) is 32.3 Å². The first-order valence-electron chi connectivity index (χ1n) is 6.79. The van der Waals surface area contributed by atoms with Crippen LogP contribution in [0.1, 0.15) is 28.0 Å². The van der Waals surface area contributed by atoms with Gasteiger partial charge >= 0.3 is 0 Å². The van der Waals surface area contributed by atoms with Crippen LogP contribution in [0.25, 0.3) is 0 Å². The Morgan fingerprint density at radius 2 is 2.24 bits per heavy atom. The van der Waals surface area contributed by atoms with Gasteiger partial charge in [-0.1, -0.05) is 34.1 Å². The van der Waals surface area contributed by atoms with Crippen molar-refractivity contribution in [2.75, 3.05) is 6.54 Å². The molecule has 0 bridgehead atoms. The molecule has 2 rings (SSSR count). The van der Waals surface area contributed by atoms with Crippen LogP contribution in [-0.4, -0.2) is 23.5 Å². The van der Waals surface area contributed by atoms with Gasteiger partial charge in [-0.3, -0.25) is 4.79 Å². The quantitative estimate of drug-likeness (QED) is 0.824. The van der Waals surface area contributed by atoms with Gasteiger partial charge in [-0.25, -0.2) is 4.98 Å². The van der Waals surface area contributed by atoms with Gasteiger partial charge in [0.1, 0.15) is 5.69 Å². The van der Waals surface area contributed by atoms with Gasteiger partial charge in [0.15, 0.2) is 0 Å². The van der Waals surface area contributed by atoms with Crippen molar-refractivity contribution in [3.63, 3.8) is 0 Å². The van der Waals surface area contributed by atoms with E-state index >= 15 is 0 Å². The lowest BCUT2D eigenvalue weighted by atomic mass is 10.1. The Morgan fingerprint density at radius 3 is 2.95 bits per heavy atom. The van der Waals surface area contributed by atoms with Crippen LogP contribution in [0, 0.1) is 0 Å². The van der Waals surface area contributed by atoms with Crippen molar-refractivity contribution < 1.29 is 4.79 Å². The molecule has 6 heteroatoms. The number of hydrogen-bond acceptors (Lipinski definition) is 4. The predicted molar refractivity (Wildman–Crippen MR) is 89.6 cm³/mol. The molecule has 1 amide bonds. The van der Waals surface area contributed by atoms with Crippen molar-refractivity contribution in [3.8, 4) is 0 Å². The average Bonchev–Trinajstić information content (AvgIpc) is 2.90. The zero-order chi connectivity index (χ0) is 15.2. The first-order chi connectivity index (χ1) is 10.1. The Labute approximate surface area is 136 Å². The number of aromatic nitrogens is 1. The van der Waals surface area contributed by atoms with Crippen molar-refractivity contribution in [2.24, 2.45) is 5.73 Å². The van der Waals surface area contributed by atoms with Crippen LogP contribution in [0.3, 0.4) is 0 Å². The largest absolute Gasteiger partial charge is 0.348 e. The summed E-state index contributed by atoms with van der Waals surface area (Å²) in [6.45, 7) is 2.54. The molecule has 1 unspecified atom stereocenters. The molecule has 0 saturated heterocycles. The second-order valence-electron chi connectivity index (χ2n) is 4.84. The number of nitrogens with two attached hydrogens (primary N) is 1. The Kier molecular flexibility index (Phi) is 5.90. The van der Waals surface area contributed by atoms with Crippen LogP contribution in [0.15, 0.2) is 34.1 Å². The van der Waals surface area contributed by atoms with E-state index in [1.54, 1.807) is 5.38 Å². The molecule has 0 saturated carbocycles. The normalized spacial score (nSPS) is 12.1. The Hall–Kier alpha value is -1.24. The summed E-state index contributed by atoms with van der Waals surface area (Å²) in [6.07, 6.45) is 1.48. The molecule has 0 spiro atoms. The fourth-order valence-corrected chi connectivity index (χ4v) is 3.24. The number of amides is 1. The predicted octanol–water partition coefficient (Wildman–Crippen LogP) is 2.77. The topological polar surface area (TPSA) is 68.0 Å². The molecule has 3 N–H and O–H groups in total. The maximum Gasteiger partial charge on any atom is 0.270 e. The summed E-state index contributed by atoms with van der Waals surface area (Å²) in [4.78, 5) is 16.4. The molecule has 2 aromatic rings. The number of carbonyl (C=O) groups is 1. The summed E-state index contributed by atoms with van der Waals surface area (Å²) in [5, 5.41) is 5.67. The molecule has 1 aromatic heterocycles. The van der Waals surface area contributed by atoms with Crippen LogP contribution in [0.5, 0.6) is 0 Å². The molecule has 0 radical (unpaired) electrons. The highest BCUT2D eigenvalue weighted by molar-refractivity contribution is 9.10. The third kappa shape index (κ3) is 4.62. The van der Waals surface area contributed by atoms with E-state index in [0.717, 1.165) is 15.9 Å². The molecular weight excluding hydrogens is 350 g/mol. The van der Waals surface area contributed by atoms with Crippen LogP contribution in [0.4, 0.5) is 0 Å². The first-order valence-corrected chi connectivity index (χ1v) is 8.46.